The molecule has 0 radical (unpaired) electrons. The average Bonchev–Trinajstić information content (AvgIpc) is 2.42. The maximum absolute atomic E-state index is 13.2. The van der Waals surface area contributed by atoms with Crippen molar-refractivity contribution in [2.45, 2.75) is 39.5 Å². The number of benzene rings is 1. The quantitative estimate of drug-likeness (QED) is 0.648. The molecule has 0 bridgehead atoms. The van der Waals surface area contributed by atoms with Gasteiger partial charge in [-0.3, -0.25) is 0 Å². The minimum Gasteiger partial charge on any atom is -0.370 e. The number of anilines is 1. The molecule has 108 valence electrons. The number of unbranched alkanes of at least 4 members (excludes halogenated alkanes) is 3. The smallest absolute Gasteiger partial charge is 0.125 e. The van der Waals surface area contributed by atoms with Gasteiger partial charge in [-0.25, -0.2) is 4.39 Å². The molecule has 0 unspecified atom stereocenters. The molecule has 0 fully saturated rings. The first-order chi connectivity index (χ1) is 9.27. The second-order valence-corrected chi connectivity index (χ2v) is 4.87. The summed E-state index contributed by atoms with van der Waals surface area (Å²) in [6.45, 7) is 8.20. The lowest BCUT2D eigenvalue weighted by Crippen LogP contribution is -2.32. The molecule has 0 aliphatic carbocycles. The third kappa shape index (κ3) is 6.58. The lowest BCUT2D eigenvalue weighted by Gasteiger charge is -2.23. The van der Waals surface area contributed by atoms with Crippen LogP contribution in [0.15, 0.2) is 24.3 Å². The molecule has 0 saturated heterocycles. The van der Waals surface area contributed by atoms with Crippen LogP contribution in [0.4, 0.5) is 10.1 Å². The molecule has 1 N–H and O–H groups in total. The summed E-state index contributed by atoms with van der Waals surface area (Å²) >= 11 is 0. The first-order valence-electron chi connectivity index (χ1n) is 7.49. The number of hydrogen-bond acceptors (Lipinski definition) is 2. The monoisotopic (exact) mass is 266 g/mol. The van der Waals surface area contributed by atoms with E-state index in [2.05, 4.69) is 24.1 Å². The van der Waals surface area contributed by atoms with E-state index in [9.17, 15) is 4.39 Å². The number of halogens is 1. The summed E-state index contributed by atoms with van der Waals surface area (Å²) < 4.78 is 13.2. The lowest BCUT2D eigenvalue weighted by molar-refractivity contribution is 0.593. The van der Waals surface area contributed by atoms with Gasteiger partial charge in [0.25, 0.3) is 0 Å². The Morgan fingerprint density at radius 2 is 1.95 bits per heavy atom. The molecule has 0 heterocycles. The van der Waals surface area contributed by atoms with Gasteiger partial charge in [0.15, 0.2) is 0 Å². The first-order valence-corrected chi connectivity index (χ1v) is 7.49. The van der Waals surface area contributed by atoms with Crippen LogP contribution >= 0.6 is 0 Å². The van der Waals surface area contributed by atoms with E-state index in [0.717, 1.165) is 31.9 Å². The summed E-state index contributed by atoms with van der Waals surface area (Å²) in [5, 5.41) is 3.46. The van der Waals surface area contributed by atoms with Crippen molar-refractivity contribution in [1.29, 1.82) is 0 Å². The largest absolute Gasteiger partial charge is 0.370 e. The van der Waals surface area contributed by atoms with Crippen molar-refractivity contribution in [2.75, 3.05) is 31.1 Å². The van der Waals surface area contributed by atoms with E-state index in [-0.39, 0.29) is 5.82 Å². The third-order valence-electron chi connectivity index (χ3n) is 3.32. The third-order valence-corrected chi connectivity index (χ3v) is 3.32. The molecule has 3 heteroatoms. The minimum atomic E-state index is -0.163. The van der Waals surface area contributed by atoms with Crippen LogP contribution in [0.1, 0.15) is 39.5 Å². The summed E-state index contributed by atoms with van der Waals surface area (Å²) in [6, 6.07) is 6.83. The molecule has 2 nitrogen and oxygen atoms in total. The van der Waals surface area contributed by atoms with Crippen LogP contribution in [-0.4, -0.2) is 26.2 Å². The van der Waals surface area contributed by atoms with Crippen LogP contribution in [0.5, 0.6) is 0 Å². The van der Waals surface area contributed by atoms with Gasteiger partial charge in [0.1, 0.15) is 5.82 Å². The Hall–Kier alpha value is -1.09. The van der Waals surface area contributed by atoms with Crippen LogP contribution in [0, 0.1) is 5.82 Å². The molecule has 19 heavy (non-hydrogen) atoms. The molecule has 0 aliphatic heterocycles. The molecular formula is C16H27FN2. The van der Waals surface area contributed by atoms with Gasteiger partial charge in [-0.05, 0) is 38.1 Å². The van der Waals surface area contributed by atoms with E-state index in [4.69, 9.17) is 0 Å². The Labute approximate surface area is 117 Å². The molecule has 0 aromatic heterocycles. The van der Waals surface area contributed by atoms with Crippen molar-refractivity contribution >= 4 is 5.69 Å². The number of likely N-dealkylation sites (N-methyl/N-ethyl adjacent to an activating group) is 1. The molecule has 0 spiro atoms. The predicted octanol–water partition coefficient (Wildman–Crippen LogP) is 3.82. The summed E-state index contributed by atoms with van der Waals surface area (Å²) in [5.41, 5.74) is 0.968. The van der Waals surface area contributed by atoms with Crippen LogP contribution in [0.2, 0.25) is 0 Å². The second kappa shape index (κ2) is 9.79. The first kappa shape index (κ1) is 16.0. The standard InChI is InChI=1S/C16H27FN2/c1-3-5-6-7-11-18-12-13-19(4-2)16-10-8-9-15(17)14-16/h8-10,14,18H,3-7,11-13H2,1-2H3. The molecule has 1 rings (SSSR count). The van der Waals surface area contributed by atoms with Gasteiger partial charge in [0.05, 0.1) is 0 Å². The minimum absolute atomic E-state index is 0.163. The highest BCUT2D eigenvalue weighted by Gasteiger charge is 2.04. The van der Waals surface area contributed by atoms with Gasteiger partial charge in [0, 0.05) is 25.3 Å². The number of nitrogens with one attached hydrogen (secondary N) is 1. The molecule has 0 saturated carbocycles. The Kier molecular flexibility index (Phi) is 8.23. The van der Waals surface area contributed by atoms with E-state index in [1.807, 2.05) is 6.07 Å². The summed E-state index contributed by atoms with van der Waals surface area (Å²) in [5.74, 6) is -0.163. The van der Waals surface area contributed by atoms with Crippen LogP contribution in [0.3, 0.4) is 0 Å². The van der Waals surface area contributed by atoms with Crippen LogP contribution < -0.4 is 10.2 Å². The van der Waals surface area contributed by atoms with Gasteiger partial charge in [-0.1, -0.05) is 32.3 Å². The summed E-state index contributed by atoms with van der Waals surface area (Å²) in [4.78, 5) is 2.20. The van der Waals surface area contributed by atoms with E-state index in [0.29, 0.717) is 0 Å². The topological polar surface area (TPSA) is 15.3 Å². The van der Waals surface area contributed by atoms with Crippen molar-refractivity contribution in [2.24, 2.45) is 0 Å². The van der Waals surface area contributed by atoms with Crippen molar-refractivity contribution < 1.29 is 4.39 Å². The predicted molar refractivity (Wildman–Crippen MR) is 81.3 cm³/mol. The van der Waals surface area contributed by atoms with Crippen molar-refractivity contribution in [3.63, 3.8) is 0 Å². The Balaban J connectivity index is 2.22. The van der Waals surface area contributed by atoms with Gasteiger partial charge >= 0.3 is 0 Å². The fourth-order valence-corrected chi connectivity index (χ4v) is 2.16. The highest BCUT2D eigenvalue weighted by Crippen LogP contribution is 2.14. The normalized spacial score (nSPS) is 10.7. The molecule has 0 aliphatic rings. The van der Waals surface area contributed by atoms with E-state index in [1.165, 1.54) is 31.7 Å². The fraction of sp³-hybridized carbons (Fsp3) is 0.625. The van der Waals surface area contributed by atoms with Gasteiger partial charge in [-0.15, -0.1) is 0 Å². The Morgan fingerprint density at radius 3 is 2.63 bits per heavy atom. The highest BCUT2D eigenvalue weighted by molar-refractivity contribution is 5.46. The maximum Gasteiger partial charge on any atom is 0.125 e. The van der Waals surface area contributed by atoms with Crippen molar-refractivity contribution in [3.8, 4) is 0 Å². The Morgan fingerprint density at radius 1 is 1.11 bits per heavy atom. The zero-order chi connectivity index (χ0) is 13.9. The fourth-order valence-electron chi connectivity index (χ4n) is 2.16. The average molecular weight is 266 g/mol. The Bertz CT molecular complexity index is 341. The lowest BCUT2D eigenvalue weighted by atomic mass is 10.2. The number of hydrogen-bond donors (Lipinski definition) is 1. The zero-order valence-electron chi connectivity index (χ0n) is 12.3. The maximum atomic E-state index is 13.2. The SMILES string of the molecule is CCCCCCNCCN(CC)c1cccc(F)c1. The molecule has 0 atom stereocenters. The van der Waals surface area contributed by atoms with Crippen molar-refractivity contribution in [1.82, 2.24) is 5.32 Å². The van der Waals surface area contributed by atoms with E-state index in [1.54, 1.807) is 12.1 Å². The van der Waals surface area contributed by atoms with Gasteiger partial charge in [-0.2, -0.15) is 0 Å². The molecule has 1 aromatic rings. The summed E-state index contributed by atoms with van der Waals surface area (Å²) in [7, 11) is 0. The summed E-state index contributed by atoms with van der Waals surface area (Å²) in [6.07, 6.45) is 5.17. The number of rotatable bonds is 10. The molecule has 0 amide bonds. The zero-order valence-corrected chi connectivity index (χ0v) is 12.3. The van der Waals surface area contributed by atoms with Gasteiger partial charge < -0.3 is 10.2 Å². The van der Waals surface area contributed by atoms with E-state index >= 15 is 0 Å². The second-order valence-electron chi connectivity index (χ2n) is 4.87. The highest BCUT2D eigenvalue weighted by atomic mass is 19.1. The van der Waals surface area contributed by atoms with E-state index < -0.39 is 0 Å². The molecular weight excluding hydrogens is 239 g/mol. The van der Waals surface area contributed by atoms with Crippen molar-refractivity contribution in [3.05, 3.63) is 30.1 Å². The van der Waals surface area contributed by atoms with Crippen LogP contribution in [0.25, 0.3) is 0 Å². The molecule has 1 aromatic carbocycles. The van der Waals surface area contributed by atoms with Gasteiger partial charge in [0.2, 0.25) is 0 Å². The number of nitrogens with zero attached hydrogens (tertiary/aromatic N) is 1. The van der Waals surface area contributed by atoms with Crippen LogP contribution in [-0.2, 0) is 0 Å².